The Morgan fingerprint density at radius 3 is 2.24 bits per heavy atom. The van der Waals surface area contributed by atoms with Crippen molar-refractivity contribution in [3.63, 3.8) is 0 Å². The van der Waals surface area contributed by atoms with Crippen LogP contribution in [0.4, 0.5) is 13.2 Å². The van der Waals surface area contributed by atoms with Crippen LogP contribution in [0.25, 0.3) is 10.9 Å². The molecule has 3 aromatic rings. The quantitative estimate of drug-likeness (QED) is 0.673. The average Bonchev–Trinajstić information content (AvgIpc) is 2.97. The van der Waals surface area contributed by atoms with Gasteiger partial charge >= 0.3 is 6.36 Å². The fourth-order valence-corrected chi connectivity index (χ4v) is 2.66. The Morgan fingerprint density at radius 1 is 0.920 bits per heavy atom. The van der Waals surface area contributed by atoms with Crippen molar-refractivity contribution in [2.24, 2.45) is 0 Å². The molecule has 132 valence electrons. The fourth-order valence-electron chi connectivity index (χ4n) is 2.66. The summed E-state index contributed by atoms with van der Waals surface area (Å²) in [6, 6.07) is 11.4. The summed E-state index contributed by atoms with van der Waals surface area (Å²) in [4.78, 5) is 0. The van der Waals surface area contributed by atoms with Gasteiger partial charge in [0.25, 0.3) is 0 Å². The molecule has 0 aliphatic heterocycles. The molecule has 0 amide bonds. The highest BCUT2D eigenvalue weighted by Gasteiger charge is 2.30. The number of nitrogens with zero attached hydrogens (tertiary/aromatic N) is 1. The van der Waals surface area contributed by atoms with Gasteiger partial charge in [-0.1, -0.05) is 12.1 Å². The van der Waals surface area contributed by atoms with E-state index in [0.717, 1.165) is 16.5 Å². The molecule has 2 aromatic carbocycles. The highest BCUT2D eigenvalue weighted by molar-refractivity contribution is 5.88. The first-order valence-electron chi connectivity index (χ1n) is 7.45. The number of rotatable bonds is 5. The Hall–Kier alpha value is -2.83. The lowest BCUT2D eigenvalue weighted by Gasteiger charge is -2.11. The van der Waals surface area contributed by atoms with Gasteiger partial charge in [-0.25, -0.2) is 0 Å². The standard InChI is InChI=1S/C18H16F3NO3/c1-23-14-9-16-15(17(10-14)24-2)7-8-22(16)11-12-3-5-13(6-4-12)25-18(19,20)21/h3-10H,11H2,1-2H3. The van der Waals surface area contributed by atoms with E-state index >= 15 is 0 Å². The van der Waals surface area contributed by atoms with E-state index in [1.807, 2.05) is 22.9 Å². The molecule has 25 heavy (non-hydrogen) atoms. The van der Waals surface area contributed by atoms with Gasteiger partial charge in [0.05, 0.1) is 19.7 Å². The highest BCUT2D eigenvalue weighted by atomic mass is 19.4. The molecule has 0 spiro atoms. The summed E-state index contributed by atoms with van der Waals surface area (Å²) in [7, 11) is 3.16. The number of hydrogen-bond acceptors (Lipinski definition) is 3. The first kappa shape index (κ1) is 17.0. The van der Waals surface area contributed by atoms with Crippen molar-refractivity contribution in [3.8, 4) is 17.2 Å². The summed E-state index contributed by atoms with van der Waals surface area (Å²) in [5, 5.41) is 0.931. The fraction of sp³-hybridized carbons (Fsp3) is 0.222. The molecular formula is C18H16F3NO3. The molecule has 4 nitrogen and oxygen atoms in total. The second-order valence-corrected chi connectivity index (χ2v) is 5.40. The largest absolute Gasteiger partial charge is 0.573 e. The van der Waals surface area contributed by atoms with Gasteiger partial charge in [0.1, 0.15) is 17.2 Å². The van der Waals surface area contributed by atoms with E-state index in [9.17, 15) is 13.2 Å². The number of ether oxygens (including phenoxy) is 3. The van der Waals surface area contributed by atoms with Crippen LogP contribution in [0.2, 0.25) is 0 Å². The van der Waals surface area contributed by atoms with Gasteiger partial charge in [-0.05, 0) is 23.8 Å². The van der Waals surface area contributed by atoms with Gasteiger partial charge in [-0.3, -0.25) is 0 Å². The summed E-state index contributed by atoms with van der Waals surface area (Å²) in [6.07, 6.45) is -2.79. The normalized spacial score (nSPS) is 11.6. The minimum Gasteiger partial charge on any atom is -0.497 e. The van der Waals surface area contributed by atoms with Crippen molar-refractivity contribution in [1.82, 2.24) is 4.57 Å². The third-order valence-electron chi connectivity index (χ3n) is 3.79. The number of benzene rings is 2. The predicted molar refractivity (Wildman–Crippen MR) is 87.3 cm³/mol. The van der Waals surface area contributed by atoms with Crippen molar-refractivity contribution < 1.29 is 27.4 Å². The smallest absolute Gasteiger partial charge is 0.497 e. The Morgan fingerprint density at radius 2 is 1.64 bits per heavy atom. The lowest BCUT2D eigenvalue weighted by molar-refractivity contribution is -0.274. The zero-order valence-electron chi connectivity index (χ0n) is 13.6. The van der Waals surface area contributed by atoms with Gasteiger partial charge in [0.2, 0.25) is 0 Å². The Balaban J connectivity index is 1.88. The molecule has 0 unspecified atom stereocenters. The lowest BCUT2D eigenvalue weighted by Crippen LogP contribution is -2.17. The number of fused-ring (bicyclic) bond motifs is 1. The molecule has 0 aliphatic rings. The van der Waals surface area contributed by atoms with Gasteiger partial charge in [-0.2, -0.15) is 0 Å². The molecule has 0 bridgehead atoms. The zero-order chi connectivity index (χ0) is 18.0. The number of hydrogen-bond donors (Lipinski definition) is 0. The van der Waals surface area contributed by atoms with Crippen molar-refractivity contribution in [2.45, 2.75) is 12.9 Å². The van der Waals surface area contributed by atoms with E-state index in [-0.39, 0.29) is 5.75 Å². The molecule has 0 saturated carbocycles. The average molecular weight is 351 g/mol. The topological polar surface area (TPSA) is 32.6 Å². The minimum absolute atomic E-state index is 0.239. The van der Waals surface area contributed by atoms with E-state index in [2.05, 4.69) is 4.74 Å². The predicted octanol–water partition coefficient (Wildman–Crippen LogP) is 4.61. The monoisotopic (exact) mass is 351 g/mol. The maximum absolute atomic E-state index is 12.2. The molecule has 1 heterocycles. The van der Waals surface area contributed by atoms with Crippen LogP contribution in [0.5, 0.6) is 17.2 Å². The highest BCUT2D eigenvalue weighted by Crippen LogP contribution is 2.32. The first-order chi connectivity index (χ1) is 11.9. The molecule has 0 aliphatic carbocycles. The summed E-state index contributed by atoms with van der Waals surface area (Å²) in [6.45, 7) is 0.492. The number of aromatic nitrogens is 1. The second-order valence-electron chi connectivity index (χ2n) is 5.40. The summed E-state index contributed by atoms with van der Waals surface area (Å²) in [5.74, 6) is 1.12. The summed E-state index contributed by atoms with van der Waals surface area (Å²) < 4.78 is 53.2. The van der Waals surface area contributed by atoms with Crippen LogP contribution in [-0.2, 0) is 6.54 Å². The number of methoxy groups -OCH3 is 2. The second kappa shape index (κ2) is 6.58. The van der Waals surface area contributed by atoms with E-state index in [1.165, 1.54) is 12.1 Å². The maximum Gasteiger partial charge on any atom is 0.573 e. The third-order valence-corrected chi connectivity index (χ3v) is 3.79. The molecule has 0 fully saturated rings. The number of alkyl halides is 3. The van der Waals surface area contributed by atoms with Crippen LogP contribution in [0, 0.1) is 0 Å². The molecule has 7 heteroatoms. The van der Waals surface area contributed by atoms with Crippen molar-refractivity contribution in [3.05, 3.63) is 54.2 Å². The Labute approximate surface area is 142 Å². The van der Waals surface area contributed by atoms with E-state index < -0.39 is 6.36 Å². The first-order valence-corrected chi connectivity index (χ1v) is 7.45. The Bertz CT molecular complexity index is 870. The minimum atomic E-state index is -4.69. The van der Waals surface area contributed by atoms with Crippen LogP contribution in [0.15, 0.2) is 48.7 Å². The summed E-state index contributed by atoms with van der Waals surface area (Å²) >= 11 is 0. The molecule has 0 saturated heterocycles. The van der Waals surface area contributed by atoms with Crippen LogP contribution >= 0.6 is 0 Å². The molecular weight excluding hydrogens is 335 g/mol. The number of halogens is 3. The van der Waals surface area contributed by atoms with Gasteiger partial charge in [0.15, 0.2) is 0 Å². The summed E-state index contributed by atoms with van der Waals surface area (Å²) in [5.41, 5.74) is 1.75. The molecule has 1 aromatic heterocycles. The van der Waals surface area contributed by atoms with E-state index in [0.29, 0.717) is 18.0 Å². The van der Waals surface area contributed by atoms with E-state index in [1.54, 1.807) is 32.4 Å². The molecule has 0 N–H and O–H groups in total. The van der Waals surface area contributed by atoms with Crippen LogP contribution in [0.3, 0.4) is 0 Å². The van der Waals surface area contributed by atoms with Crippen LogP contribution in [-0.4, -0.2) is 25.1 Å². The van der Waals surface area contributed by atoms with E-state index in [4.69, 9.17) is 9.47 Å². The SMILES string of the molecule is COc1cc(OC)c2ccn(Cc3ccc(OC(F)(F)F)cc3)c2c1. The van der Waals surface area contributed by atoms with Gasteiger partial charge in [-0.15, -0.1) is 13.2 Å². The Kier molecular flexibility index (Phi) is 4.48. The maximum atomic E-state index is 12.2. The molecule has 0 radical (unpaired) electrons. The van der Waals surface area contributed by atoms with Crippen LogP contribution < -0.4 is 14.2 Å². The lowest BCUT2D eigenvalue weighted by atomic mass is 10.2. The van der Waals surface area contributed by atoms with Crippen LogP contribution in [0.1, 0.15) is 5.56 Å². The molecule has 3 rings (SSSR count). The van der Waals surface area contributed by atoms with Crippen molar-refractivity contribution >= 4 is 10.9 Å². The van der Waals surface area contributed by atoms with Crippen molar-refractivity contribution in [1.29, 1.82) is 0 Å². The van der Waals surface area contributed by atoms with Gasteiger partial charge < -0.3 is 18.8 Å². The van der Waals surface area contributed by atoms with Gasteiger partial charge in [0, 0.05) is 30.3 Å². The zero-order valence-corrected chi connectivity index (χ0v) is 13.6. The third kappa shape index (κ3) is 3.81. The van der Waals surface area contributed by atoms with Crippen molar-refractivity contribution in [2.75, 3.05) is 14.2 Å². The molecule has 0 atom stereocenters.